The van der Waals surface area contributed by atoms with Crippen LogP contribution in [0.25, 0.3) is 0 Å². The van der Waals surface area contributed by atoms with E-state index in [1.165, 1.54) is 34.6 Å². The highest BCUT2D eigenvalue weighted by molar-refractivity contribution is 7.89. The minimum absolute atomic E-state index is 0.124. The van der Waals surface area contributed by atoms with Crippen molar-refractivity contribution in [2.24, 2.45) is 0 Å². The second-order valence-corrected chi connectivity index (χ2v) is 10.8. The molecule has 9 heteroatoms. The molecule has 0 aromatic heterocycles. The number of hydrogen-bond donors (Lipinski definition) is 2. The summed E-state index contributed by atoms with van der Waals surface area (Å²) in [5.74, 6) is 0.320. The molecule has 2 aliphatic heterocycles. The van der Waals surface area contributed by atoms with Gasteiger partial charge in [0.2, 0.25) is 15.9 Å². The maximum atomic E-state index is 13.2. The van der Waals surface area contributed by atoms with Gasteiger partial charge in [-0.15, -0.1) is 0 Å². The lowest BCUT2D eigenvalue weighted by atomic mass is 10.0. The van der Waals surface area contributed by atoms with Crippen molar-refractivity contribution in [1.29, 1.82) is 0 Å². The fourth-order valence-electron chi connectivity index (χ4n) is 4.44. The number of rotatable bonds is 7. The maximum absolute atomic E-state index is 13.2. The lowest BCUT2D eigenvalue weighted by molar-refractivity contribution is -0.117. The van der Waals surface area contributed by atoms with Gasteiger partial charge in [-0.3, -0.25) is 9.59 Å². The summed E-state index contributed by atoms with van der Waals surface area (Å²) in [5, 5.41) is 5.70. The second kappa shape index (κ2) is 11.0. The van der Waals surface area contributed by atoms with Crippen LogP contribution < -0.4 is 15.4 Å². The fraction of sp³-hybridized carbons (Fsp3) is 0.385. The van der Waals surface area contributed by atoms with Crippen LogP contribution in [-0.2, 0) is 27.8 Å². The maximum Gasteiger partial charge on any atom is 0.251 e. The Morgan fingerprint density at radius 3 is 2.69 bits per heavy atom. The van der Waals surface area contributed by atoms with E-state index >= 15 is 0 Å². The van der Waals surface area contributed by atoms with Crippen molar-refractivity contribution in [2.45, 2.75) is 49.6 Å². The number of ether oxygens (including phenoxy) is 1. The van der Waals surface area contributed by atoms with Crippen molar-refractivity contribution < 1.29 is 22.7 Å². The molecule has 1 saturated heterocycles. The quantitative estimate of drug-likeness (QED) is 0.573. The van der Waals surface area contributed by atoms with Crippen LogP contribution in [0.5, 0.6) is 5.75 Å². The summed E-state index contributed by atoms with van der Waals surface area (Å²) in [4.78, 5) is 24.5. The molecule has 2 aromatic carbocycles. The molecular formula is C26H31N3O5S. The van der Waals surface area contributed by atoms with Crippen molar-refractivity contribution >= 4 is 21.8 Å². The predicted molar refractivity (Wildman–Crippen MR) is 133 cm³/mol. The van der Waals surface area contributed by atoms with E-state index in [0.717, 1.165) is 49.2 Å². The third-order valence-corrected chi connectivity index (χ3v) is 8.23. The lowest BCUT2D eigenvalue weighted by Crippen LogP contribution is -2.44. The topological polar surface area (TPSA) is 105 Å². The number of carbonyl (C=O) groups is 2. The summed E-state index contributed by atoms with van der Waals surface area (Å²) < 4.78 is 33.5. The van der Waals surface area contributed by atoms with Gasteiger partial charge < -0.3 is 15.4 Å². The van der Waals surface area contributed by atoms with E-state index in [2.05, 4.69) is 23.3 Å². The number of nitrogens with one attached hydrogen (secondary N) is 2. The average molecular weight is 498 g/mol. The Labute approximate surface area is 206 Å². The lowest BCUT2D eigenvalue weighted by Gasteiger charge is -2.24. The van der Waals surface area contributed by atoms with E-state index in [1.54, 1.807) is 0 Å². The number of amides is 2. The zero-order valence-electron chi connectivity index (χ0n) is 19.7. The summed E-state index contributed by atoms with van der Waals surface area (Å²) in [6, 6.07) is 11.6. The monoisotopic (exact) mass is 497 g/mol. The Bertz CT molecular complexity index is 1190. The van der Waals surface area contributed by atoms with Crippen LogP contribution in [0.15, 0.2) is 60.0 Å². The van der Waals surface area contributed by atoms with Gasteiger partial charge in [-0.25, -0.2) is 8.42 Å². The highest BCUT2D eigenvalue weighted by Gasteiger charge is 2.29. The number of hydrogen-bond acceptors (Lipinski definition) is 5. The van der Waals surface area contributed by atoms with Crippen LogP contribution in [0.1, 0.15) is 47.2 Å². The molecule has 0 bridgehead atoms. The highest BCUT2D eigenvalue weighted by Crippen LogP contribution is 2.25. The molecule has 2 aromatic rings. The summed E-state index contributed by atoms with van der Waals surface area (Å²) in [6.07, 6.45) is 5.39. The number of fused-ring (bicyclic) bond motifs is 1. The van der Waals surface area contributed by atoms with Crippen molar-refractivity contribution in [1.82, 2.24) is 14.9 Å². The first kappa shape index (κ1) is 24.9. The molecule has 2 aliphatic rings. The molecule has 1 fully saturated rings. The van der Waals surface area contributed by atoms with E-state index in [1.807, 2.05) is 12.1 Å². The second-order valence-electron chi connectivity index (χ2n) is 8.87. The Morgan fingerprint density at radius 2 is 1.91 bits per heavy atom. The van der Waals surface area contributed by atoms with E-state index in [0.29, 0.717) is 25.1 Å². The Morgan fingerprint density at radius 1 is 1.11 bits per heavy atom. The molecule has 0 saturated carbocycles. The van der Waals surface area contributed by atoms with Gasteiger partial charge in [-0.2, -0.15) is 4.31 Å². The largest absolute Gasteiger partial charge is 0.493 e. The van der Waals surface area contributed by atoms with Crippen molar-refractivity contribution in [3.05, 3.63) is 71.8 Å². The summed E-state index contributed by atoms with van der Waals surface area (Å²) in [5.41, 5.74) is 2.52. The molecule has 186 valence electrons. The molecule has 0 spiro atoms. The van der Waals surface area contributed by atoms with Gasteiger partial charge >= 0.3 is 0 Å². The SMILES string of the molecule is C=CC(=O)NC1CCCCN(S(=O)(=O)c2ccc(C(=O)NCc3ccc4c(c3)CCCO4)cc2)C1. The first-order valence-electron chi connectivity index (χ1n) is 11.9. The van der Waals surface area contributed by atoms with E-state index < -0.39 is 10.0 Å². The van der Waals surface area contributed by atoms with Crippen LogP contribution >= 0.6 is 0 Å². The fourth-order valence-corrected chi connectivity index (χ4v) is 5.96. The molecule has 2 N–H and O–H groups in total. The molecule has 35 heavy (non-hydrogen) atoms. The molecule has 8 nitrogen and oxygen atoms in total. The minimum atomic E-state index is -3.75. The van der Waals surface area contributed by atoms with Gasteiger partial charge in [0.05, 0.1) is 11.5 Å². The Hall–Kier alpha value is -3.17. The van der Waals surface area contributed by atoms with Crippen LogP contribution in [0.4, 0.5) is 0 Å². The normalized spacial score (nSPS) is 18.5. The van der Waals surface area contributed by atoms with E-state index in [9.17, 15) is 18.0 Å². The minimum Gasteiger partial charge on any atom is -0.493 e. The number of nitrogens with zero attached hydrogens (tertiary/aromatic N) is 1. The molecular weight excluding hydrogens is 466 g/mol. The van der Waals surface area contributed by atoms with Crippen LogP contribution in [-0.4, -0.2) is 50.3 Å². The Balaban J connectivity index is 1.39. The molecule has 4 rings (SSSR count). The van der Waals surface area contributed by atoms with Crippen molar-refractivity contribution in [3.63, 3.8) is 0 Å². The van der Waals surface area contributed by atoms with Crippen LogP contribution in [0.2, 0.25) is 0 Å². The van der Waals surface area contributed by atoms with Gasteiger partial charge in [0.1, 0.15) is 5.75 Å². The number of aryl methyl sites for hydroxylation is 1. The number of benzene rings is 2. The van der Waals surface area contributed by atoms with Gasteiger partial charge in [0.25, 0.3) is 5.91 Å². The predicted octanol–water partition coefficient (Wildman–Crippen LogP) is 2.79. The van der Waals surface area contributed by atoms with Gasteiger partial charge in [0.15, 0.2) is 0 Å². The summed E-state index contributed by atoms with van der Waals surface area (Å²) in [7, 11) is -3.75. The van der Waals surface area contributed by atoms with Crippen molar-refractivity contribution in [3.8, 4) is 5.75 Å². The molecule has 0 aliphatic carbocycles. The standard InChI is InChI=1S/C26H31N3O5S/c1-2-25(30)28-22-7-3-4-14-29(18-22)35(32,33)23-11-9-20(10-12-23)26(31)27-17-19-8-13-24-21(16-19)6-5-15-34-24/h2,8-13,16,22H,1,3-7,14-15,17-18H2,(H,27,31)(H,28,30). The highest BCUT2D eigenvalue weighted by atomic mass is 32.2. The molecule has 1 unspecified atom stereocenters. The van der Waals surface area contributed by atoms with E-state index in [4.69, 9.17) is 4.74 Å². The number of sulfonamides is 1. The summed E-state index contributed by atoms with van der Waals surface area (Å²) >= 11 is 0. The third kappa shape index (κ3) is 6.10. The van der Waals surface area contributed by atoms with Gasteiger partial charge in [-0.1, -0.05) is 25.1 Å². The molecule has 2 amide bonds. The van der Waals surface area contributed by atoms with Gasteiger partial charge in [0, 0.05) is 31.2 Å². The third-order valence-electron chi connectivity index (χ3n) is 6.35. The molecule has 1 atom stereocenters. The molecule has 2 heterocycles. The van der Waals surface area contributed by atoms with Crippen LogP contribution in [0.3, 0.4) is 0 Å². The first-order chi connectivity index (χ1) is 16.9. The zero-order chi connectivity index (χ0) is 24.8. The van der Waals surface area contributed by atoms with Crippen LogP contribution in [0, 0.1) is 0 Å². The van der Waals surface area contributed by atoms with Crippen molar-refractivity contribution in [2.75, 3.05) is 19.7 Å². The van der Waals surface area contributed by atoms with E-state index in [-0.39, 0.29) is 29.3 Å². The molecule has 0 radical (unpaired) electrons. The number of carbonyl (C=O) groups excluding carboxylic acids is 2. The Kier molecular flexibility index (Phi) is 7.87. The zero-order valence-corrected chi connectivity index (χ0v) is 20.5. The smallest absolute Gasteiger partial charge is 0.251 e. The first-order valence-corrected chi connectivity index (χ1v) is 13.4. The average Bonchev–Trinajstić information content (AvgIpc) is 3.13. The van der Waals surface area contributed by atoms with Gasteiger partial charge in [-0.05, 0) is 73.2 Å². The summed E-state index contributed by atoms with van der Waals surface area (Å²) in [6.45, 7) is 5.15.